The molecule has 0 aliphatic heterocycles. The van der Waals surface area contributed by atoms with E-state index in [4.69, 9.17) is 5.11 Å². The smallest absolute Gasteiger partial charge is 0.367 e. The number of hydrogen-bond donors (Lipinski definition) is 2. The van der Waals surface area contributed by atoms with Crippen molar-refractivity contribution in [3.63, 3.8) is 0 Å². The van der Waals surface area contributed by atoms with Crippen LogP contribution in [0.3, 0.4) is 0 Å². The largest absolute Gasteiger partial charge is 0.476 e. The fourth-order valence-electron chi connectivity index (χ4n) is 1.12. The first-order valence-corrected chi connectivity index (χ1v) is 5.51. The normalized spacial score (nSPS) is 10.1. The number of carbonyl (C=O) groups is 2. The van der Waals surface area contributed by atoms with E-state index in [9.17, 15) is 14.0 Å². The Morgan fingerprint density at radius 1 is 1.17 bits per heavy atom. The number of carboxylic acid groups (broad SMARTS) is 1. The number of anilines is 1. The van der Waals surface area contributed by atoms with Gasteiger partial charge in [-0.05, 0) is 24.3 Å². The third kappa shape index (κ3) is 2.66. The minimum Gasteiger partial charge on any atom is -0.476 e. The van der Waals surface area contributed by atoms with Crippen LogP contribution >= 0.6 is 11.3 Å². The van der Waals surface area contributed by atoms with Crippen LogP contribution in [0.15, 0.2) is 24.3 Å². The quantitative estimate of drug-likeness (QED) is 0.881. The number of nitrogens with zero attached hydrogens (tertiary/aromatic N) is 2. The molecule has 0 saturated heterocycles. The second-order valence-electron chi connectivity index (χ2n) is 3.18. The van der Waals surface area contributed by atoms with E-state index in [0.29, 0.717) is 17.0 Å². The summed E-state index contributed by atoms with van der Waals surface area (Å²) in [5, 5.41) is 17.5. The fraction of sp³-hybridized carbons (Fsp3) is 0. The number of aromatic carboxylic acids is 1. The fourth-order valence-corrected chi connectivity index (χ4v) is 1.70. The Balaban J connectivity index is 2.11. The first-order valence-electron chi connectivity index (χ1n) is 4.70. The number of carboxylic acids is 1. The van der Waals surface area contributed by atoms with E-state index in [-0.39, 0.29) is 10.0 Å². The Morgan fingerprint density at radius 3 is 2.33 bits per heavy atom. The van der Waals surface area contributed by atoms with Crippen LogP contribution in [0.4, 0.5) is 10.1 Å². The maximum Gasteiger partial charge on any atom is 0.367 e. The second kappa shape index (κ2) is 4.88. The molecule has 2 N–H and O–H groups in total. The Labute approximate surface area is 104 Å². The highest BCUT2D eigenvalue weighted by Crippen LogP contribution is 2.13. The molecule has 0 aliphatic carbocycles. The summed E-state index contributed by atoms with van der Waals surface area (Å²) in [5.41, 5.74) is 0.383. The molecule has 2 rings (SSSR count). The topological polar surface area (TPSA) is 92.2 Å². The van der Waals surface area contributed by atoms with Crippen LogP contribution in [-0.4, -0.2) is 27.2 Å². The summed E-state index contributed by atoms with van der Waals surface area (Å²) in [5.74, 6) is -2.25. The number of aromatic nitrogens is 2. The summed E-state index contributed by atoms with van der Waals surface area (Å²) in [4.78, 5) is 22.2. The number of carbonyl (C=O) groups excluding carboxylic acids is 1. The van der Waals surface area contributed by atoms with Gasteiger partial charge in [-0.1, -0.05) is 11.3 Å². The summed E-state index contributed by atoms with van der Waals surface area (Å²) < 4.78 is 12.6. The SMILES string of the molecule is O=C(O)c1nnc(C(=O)Nc2ccc(F)cc2)s1. The number of rotatable bonds is 3. The van der Waals surface area contributed by atoms with Gasteiger partial charge in [-0.25, -0.2) is 9.18 Å². The van der Waals surface area contributed by atoms with Gasteiger partial charge in [-0.15, -0.1) is 10.2 Å². The highest BCUT2D eigenvalue weighted by molar-refractivity contribution is 7.15. The monoisotopic (exact) mass is 267 g/mol. The highest BCUT2D eigenvalue weighted by atomic mass is 32.1. The lowest BCUT2D eigenvalue weighted by atomic mass is 10.3. The first kappa shape index (κ1) is 12.1. The van der Waals surface area contributed by atoms with Gasteiger partial charge >= 0.3 is 5.97 Å². The molecule has 1 aromatic carbocycles. The number of halogens is 1. The summed E-state index contributed by atoms with van der Waals surface area (Å²) in [6.45, 7) is 0. The summed E-state index contributed by atoms with van der Waals surface area (Å²) in [6.07, 6.45) is 0. The van der Waals surface area contributed by atoms with Crippen LogP contribution in [0, 0.1) is 5.82 Å². The van der Waals surface area contributed by atoms with E-state index < -0.39 is 17.7 Å². The average molecular weight is 267 g/mol. The molecule has 18 heavy (non-hydrogen) atoms. The van der Waals surface area contributed by atoms with Crippen LogP contribution in [0.25, 0.3) is 0 Å². The zero-order chi connectivity index (χ0) is 13.1. The number of benzene rings is 1. The van der Waals surface area contributed by atoms with Gasteiger partial charge in [-0.3, -0.25) is 4.79 Å². The molecule has 0 unspecified atom stereocenters. The van der Waals surface area contributed by atoms with Gasteiger partial charge < -0.3 is 10.4 Å². The van der Waals surface area contributed by atoms with Crippen molar-refractivity contribution in [3.8, 4) is 0 Å². The van der Waals surface area contributed by atoms with Crippen LogP contribution in [-0.2, 0) is 0 Å². The lowest BCUT2D eigenvalue weighted by molar-refractivity contribution is 0.0695. The molecule has 0 atom stereocenters. The zero-order valence-electron chi connectivity index (χ0n) is 8.75. The van der Waals surface area contributed by atoms with Crippen molar-refractivity contribution in [3.05, 3.63) is 40.1 Å². The maximum atomic E-state index is 12.6. The van der Waals surface area contributed by atoms with Gasteiger partial charge in [0, 0.05) is 5.69 Å². The third-order valence-corrected chi connectivity index (χ3v) is 2.81. The number of amides is 1. The minimum absolute atomic E-state index is 0.0725. The van der Waals surface area contributed by atoms with Crippen molar-refractivity contribution in [1.29, 1.82) is 0 Å². The summed E-state index contributed by atoms with van der Waals surface area (Å²) in [7, 11) is 0. The van der Waals surface area contributed by atoms with E-state index in [1.54, 1.807) is 0 Å². The Morgan fingerprint density at radius 2 is 1.78 bits per heavy atom. The van der Waals surface area contributed by atoms with E-state index in [1.807, 2.05) is 0 Å². The van der Waals surface area contributed by atoms with E-state index in [2.05, 4.69) is 15.5 Å². The van der Waals surface area contributed by atoms with Crippen LogP contribution in [0.2, 0.25) is 0 Å². The molecule has 2 aromatic rings. The molecule has 1 heterocycles. The molecular weight excluding hydrogens is 261 g/mol. The van der Waals surface area contributed by atoms with Gasteiger partial charge in [0.25, 0.3) is 5.91 Å². The van der Waals surface area contributed by atoms with E-state index >= 15 is 0 Å². The zero-order valence-corrected chi connectivity index (χ0v) is 9.57. The Hall–Kier alpha value is -2.35. The molecule has 1 amide bonds. The van der Waals surface area contributed by atoms with Crippen LogP contribution < -0.4 is 5.32 Å². The number of nitrogens with one attached hydrogen (secondary N) is 1. The molecule has 0 fully saturated rings. The molecule has 92 valence electrons. The molecule has 0 aliphatic rings. The Kier molecular flexibility index (Phi) is 3.28. The van der Waals surface area contributed by atoms with Crippen molar-refractivity contribution in [2.24, 2.45) is 0 Å². The standard InChI is InChI=1S/C10H6FN3O3S/c11-5-1-3-6(4-2-5)12-7(15)8-13-14-9(18-8)10(16)17/h1-4H,(H,12,15)(H,16,17). The molecule has 1 aromatic heterocycles. The Bertz CT molecular complexity index is 597. The minimum atomic E-state index is -1.24. The van der Waals surface area contributed by atoms with E-state index in [1.165, 1.54) is 24.3 Å². The molecule has 8 heteroatoms. The molecular formula is C10H6FN3O3S. The van der Waals surface area contributed by atoms with Crippen molar-refractivity contribution in [2.75, 3.05) is 5.32 Å². The average Bonchev–Trinajstić information content (AvgIpc) is 2.81. The molecule has 6 nitrogen and oxygen atoms in total. The lowest BCUT2D eigenvalue weighted by Crippen LogP contribution is -2.11. The van der Waals surface area contributed by atoms with Crippen LogP contribution in [0.5, 0.6) is 0 Å². The maximum absolute atomic E-state index is 12.6. The van der Waals surface area contributed by atoms with E-state index in [0.717, 1.165) is 0 Å². The molecule has 0 saturated carbocycles. The first-order chi connectivity index (χ1) is 8.56. The summed E-state index contributed by atoms with van der Waals surface area (Å²) in [6, 6.07) is 5.15. The van der Waals surface area contributed by atoms with Crippen molar-refractivity contribution in [2.45, 2.75) is 0 Å². The lowest BCUT2D eigenvalue weighted by Gasteiger charge is -2.01. The second-order valence-corrected chi connectivity index (χ2v) is 4.16. The van der Waals surface area contributed by atoms with Gasteiger partial charge in [0.1, 0.15) is 5.82 Å². The van der Waals surface area contributed by atoms with Crippen molar-refractivity contribution >= 4 is 28.9 Å². The van der Waals surface area contributed by atoms with Gasteiger partial charge in [0.05, 0.1) is 0 Å². The molecule has 0 radical (unpaired) electrons. The molecule has 0 bridgehead atoms. The predicted molar refractivity (Wildman–Crippen MR) is 61.2 cm³/mol. The number of hydrogen-bond acceptors (Lipinski definition) is 5. The van der Waals surface area contributed by atoms with Gasteiger partial charge in [0.15, 0.2) is 0 Å². The third-order valence-electron chi connectivity index (χ3n) is 1.90. The van der Waals surface area contributed by atoms with Crippen LogP contribution in [0.1, 0.15) is 19.6 Å². The summed E-state index contributed by atoms with van der Waals surface area (Å²) >= 11 is 0.664. The van der Waals surface area contributed by atoms with Crippen molar-refractivity contribution in [1.82, 2.24) is 10.2 Å². The highest BCUT2D eigenvalue weighted by Gasteiger charge is 2.16. The van der Waals surface area contributed by atoms with Crippen molar-refractivity contribution < 1.29 is 19.1 Å². The predicted octanol–water partition coefficient (Wildman–Crippen LogP) is 1.63. The molecule has 0 spiro atoms. The van der Waals surface area contributed by atoms with Gasteiger partial charge in [0.2, 0.25) is 10.0 Å². The van der Waals surface area contributed by atoms with Gasteiger partial charge in [-0.2, -0.15) is 0 Å².